The van der Waals surface area contributed by atoms with Gasteiger partial charge in [0, 0.05) is 5.56 Å². The van der Waals surface area contributed by atoms with Gasteiger partial charge in [-0.1, -0.05) is 53.5 Å². The molecule has 3 N–H and O–H groups in total. The van der Waals surface area contributed by atoms with Gasteiger partial charge in [0.1, 0.15) is 5.52 Å². The molecule has 0 aliphatic heterocycles. The number of fused-ring (bicyclic) bond motifs is 1. The molecular formula is C18H11Cl2N5O2. The van der Waals surface area contributed by atoms with Crippen molar-refractivity contribution in [2.24, 2.45) is 5.73 Å². The van der Waals surface area contributed by atoms with Gasteiger partial charge < -0.3 is 10.7 Å². The van der Waals surface area contributed by atoms with Crippen molar-refractivity contribution in [3.05, 3.63) is 74.8 Å². The van der Waals surface area contributed by atoms with Crippen LogP contribution >= 0.6 is 23.2 Å². The molecule has 1 amide bonds. The first-order valence-electron chi connectivity index (χ1n) is 7.79. The molecule has 0 radical (unpaired) electrons. The third kappa shape index (κ3) is 2.97. The Morgan fingerprint density at radius 3 is 2.44 bits per heavy atom. The van der Waals surface area contributed by atoms with Crippen molar-refractivity contribution in [3.63, 3.8) is 0 Å². The molecular weight excluding hydrogens is 389 g/mol. The largest absolute Gasteiger partial charge is 0.364 e. The van der Waals surface area contributed by atoms with Crippen LogP contribution in [0, 0.1) is 0 Å². The zero-order valence-corrected chi connectivity index (χ0v) is 15.1. The number of hydrogen-bond donors (Lipinski definition) is 2. The number of carbonyl (C=O) groups excluding carboxylic acids is 1. The molecule has 4 aromatic rings. The number of aromatic amines is 1. The number of rotatable bonds is 3. The fourth-order valence-electron chi connectivity index (χ4n) is 2.74. The molecule has 2 aromatic carbocycles. The normalized spacial score (nSPS) is 11.0. The second-order valence-corrected chi connectivity index (χ2v) is 6.50. The van der Waals surface area contributed by atoms with Crippen LogP contribution in [0.5, 0.6) is 0 Å². The Balaban J connectivity index is 2.07. The van der Waals surface area contributed by atoms with Crippen molar-refractivity contribution in [1.82, 2.24) is 19.5 Å². The summed E-state index contributed by atoms with van der Waals surface area (Å²) in [6.07, 6.45) is 0. The number of imidazole rings is 1. The number of carbonyl (C=O) groups is 1. The molecule has 27 heavy (non-hydrogen) atoms. The van der Waals surface area contributed by atoms with E-state index in [1.54, 1.807) is 24.3 Å². The highest BCUT2D eigenvalue weighted by atomic mass is 35.5. The number of primary amides is 1. The number of H-pyrrole nitrogens is 1. The van der Waals surface area contributed by atoms with Crippen molar-refractivity contribution in [2.45, 2.75) is 0 Å². The van der Waals surface area contributed by atoms with Gasteiger partial charge >= 0.3 is 5.69 Å². The van der Waals surface area contributed by atoms with E-state index in [0.717, 1.165) is 0 Å². The van der Waals surface area contributed by atoms with Crippen molar-refractivity contribution in [1.29, 1.82) is 0 Å². The van der Waals surface area contributed by atoms with Gasteiger partial charge in [-0.05, 0) is 18.2 Å². The highest BCUT2D eigenvalue weighted by molar-refractivity contribution is 6.42. The maximum Gasteiger partial charge on any atom is 0.332 e. The quantitative estimate of drug-likeness (QED) is 0.551. The molecule has 0 bridgehead atoms. The predicted octanol–water partition coefficient (Wildman–Crippen LogP) is 3.18. The van der Waals surface area contributed by atoms with Crippen LogP contribution in [0.3, 0.4) is 0 Å². The SMILES string of the molecule is NC(=O)c1nc(-c2ccccc2)nc2c1[nH]c(=O)n2-c1ccc(Cl)c(Cl)c1. The Morgan fingerprint density at radius 1 is 1.04 bits per heavy atom. The van der Waals surface area contributed by atoms with Crippen LogP contribution in [-0.2, 0) is 0 Å². The van der Waals surface area contributed by atoms with E-state index in [9.17, 15) is 9.59 Å². The lowest BCUT2D eigenvalue weighted by atomic mass is 10.2. The zero-order valence-electron chi connectivity index (χ0n) is 13.6. The molecule has 134 valence electrons. The van der Waals surface area contributed by atoms with Crippen LogP contribution in [-0.4, -0.2) is 25.4 Å². The average molecular weight is 400 g/mol. The summed E-state index contributed by atoms with van der Waals surface area (Å²) in [6.45, 7) is 0. The Bertz CT molecular complexity index is 1250. The topological polar surface area (TPSA) is 107 Å². The number of nitrogens with one attached hydrogen (secondary N) is 1. The molecule has 0 fully saturated rings. The number of nitrogens with zero attached hydrogens (tertiary/aromatic N) is 3. The fourth-order valence-corrected chi connectivity index (χ4v) is 3.04. The first kappa shape index (κ1) is 17.3. The van der Waals surface area contributed by atoms with Gasteiger partial charge in [0.05, 0.1) is 15.7 Å². The number of benzene rings is 2. The van der Waals surface area contributed by atoms with Crippen LogP contribution in [0.2, 0.25) is 10.0 Å². The number of aromatic nitrogens is 4. The summed E-state index contributed by atoms with van der Waals surface area (Å²) in [5.41, 5.74) is 6.36. The molecule has 0 atom stereocenters. The second-order valence-electron chi connectivity index (χ2n) is 5.69. The van der Waals surface area contributed by atoms with E-state index in [-0.39, 0.29) is 27.7 Å². The molecule has 2 heterocycles. The van der Waals surface area contributed by atoms with Gasteiger partial charge in [-0.2, -0.15) is 0 Å². The molecule has 0 spiro atoms. The summed E-state index contributed by atoms with van der Waals surface area (Å²) in [7, 11) is 0. The minimum Gasteiger partial charge on any atom is -0.364 e. The summed E-state index contributed by atoms with van der Waals surface area (Å²) >= 11 is 12.0. The first-order chi connectivity index (χ1) is 13.0. The Labute approximate surface area is 162 Å². The number of nitrogens with two attached hydrogens (primary N) is 1. The molecule has 4 rings (SSSR count). The smallest absolute Gasteiger partial charge is 0.332 e. The van der Waals surface area contributed by atoms with Gasteiger partial charge in [-0.15, -0.1) is 0 Å². The summed E-state index contributed by atoms with van der Waals surface area (Å²) in [4.78, 5) is 35.8. The van der Waals surface area contributed by atoms with E-state index in [2.05, 4.69) is 15.0 Å². The lowest BCUT2D eigenvalue weighted by molar-refractivity contribution is 0.0997. The van der Waals surface area contributed by atoms with Crippen molar-refractivity contribution in [3.8, 4) is 17.1 Å². The highest BCUT2D eigenvalue weighted by Gasteiger charge is 2.20. The average Bonchev–Trinajstić information content (AvgIpc) is 2.99. The Kier molecular flexibility index (Phi) is 4.18. The van der Waals surface area contributed by atoms with E-state index in [4.69, 9.17) is 28.9 Å². The van der Waals surface area contributed by atoms with Gasteiger partial charge in [0.25, 0.3) is 5.91 Å². The van der Waals surface area contributed by atoms with Crippen molar-refractivity contribution < 1.29 is 4.79 Å². The molecule has 7 nitrogen and oxygen atoms in total. The van der Waals surface area contributed by atoms with Gasteiger partial charge in [0.15, 0.2) is 17.2 Å². The lowest BCUT2D eigenvalue weighted by Gasteiger charge is -2.07. The Morgan fingerprint density at radius 2 is 1.78 bits per heavy atom. The monoisotopic (exact) mass is 399 g/mol. The molecule has 0 aliphatic carbocycles. The van der Waals surface area contributed by atoms with Crippen LogP contribution in [0.4, 0.5) is 0 Å². The fraction of sp³-hybridized carbons (Fsp3) is 0. The van der Waals surface area contributed by atoms with Crippen LogP contribution in [0.15, 0.2) is 53.3 Å². The third-order valence-electron chi connectivity index (χ3n) is 3.96. The summed E-state index contributed by atoms with van der Waals surface area (Å²) in [6, 6.07) is 13.8. The summed E-state index contributed by atoms with van der Waals surface area (Å²) < 4.78 is 1.29. The lowest BCUT2D eigenvalue weighted by Crippen LogP contribution is -2.15. The van der Waals surface area contributed by atoms with E-state index >= 15 is 0 Å². The van der Waals surface area contributed by atoms with Crippen molar-refractivity contribution in [2.75, 3.05) is 0 Å². The molecule has 0 saturated heterocycles. The molecule has 0 saturated carbocycles. The van der Waals surface area contributed by atoms with Gasteiger partial charge in [-0.3, -0.25) is 4.79 Å². The second kappa shape index (κ2) is 6.53. The summed E-state index contributed by atoms with van der Waals surface area (Å²) in [5, 5.41) is 0.633. The number of amides is 1. The van der Waals surface area contributed by atoms with E-state index in [1.807, 2.05) is 18.2 Å². The number of hydrogen-bond acceptors (Lipinski definition) is 4. The zero-order chi connectivity index (χ0) is 19.1. The first-order valence-corrected chi connectivity index (χ1v) is 8.54. The third-order valence-corrected chi connectivity index (χ3v) is 4.70. The highest BCUT2D eigenvalue weighted by Crippen LogP contribution is 2.26. The van der Waals surface area contributed by atoms with Crippen LogP contribution in [0.25, 0.3) is 28.2 Å². The van der Waals surface area contributed by atoms with E-state index < -0.39 is 11.6 Å². The predicted molar refractivity (Wildman–Crippen MR) is 103 cm³/mol. The maximum absolute atomic E-state index is 12.6. The Hall–Kier alpha value is -3.16. The number of halogens is 2. The van der Waals surface area contributed by atoms with Gasteiger partial charge in [0.2, 0.25) is 0 Å². The molecule has 2 aromatic heterocycles. The molecule has 0 unspecified atom stereocenters. The minimum absolute atomic E-state index is 0.0743. The van der Waals surface area contributed by atoms with Crippen LogP contribution in [0.1, 0.15) is 10.5 Å². The molecule has 9 heteroatoms. The molecule has 0 aliphatic rings. The standard InChI is InChI=1S/C18H11Cl2N5O2/c19-11-7-6-10(8-12(11)20)25-17-14(23-18(25)27)13(15(21)26)22-16(24-17)9-4-2-1-3-5-9/h1-8H,(H2,21,26)(H,23,27). The van der Waals surface area contributed by atoms with E-state index in [0.29, 0.717) is 16.3 Å². The summed E-state index contributed by atoms with van der Waals surface area (Å²) in [5.74, 6) is -0.508. The van der Waals surface area contributed by atoms with Crippen LogP contribution < -0.4 is 11.4 Å². The maximum atomic E-state index is 12.6. The minimum atomic E-state index is -0.776. The van der Waals surface area contributed by atoms with E-state index in [1.165, 1.54) is 10.6 Å². The van der Waals surface area contributed by atoms with Crippen molar-refractivity contribution >= 4 is 40.3 Å². The van der Waals surface area contributed by atoms with Gasteiger partial charge in [-0.25, -0.2) is 19.3 Å².